The van der Waals surface area contributed by atoms with Crippen molar-refractivity contribution in [3.8, 4) is 5.75 Å². The molecule has 0 radical (unpaired) electrons. The van der Waals surface area contributed by atoms with Crippen LogP contribution >= 0.6 is 24.0 Å². The molecule has 3 rings (SSSR count). The number of guanidine groups is 1. The number of para-hydroxylation sites is 2. The van der Waals surface area contributed by atoms with Gasteiger partial charge in [0.1, 0.15) is 11.6 Å². The van der Waals surface area contributed by atoms with Crippen LogP contribution in [-0.4, -0.2) is 36.2 Å². The van der Waals surface area contributed by atoms with Gasteiger partial charge in [0.25, 0.3) is 0 Å². The molecule has 1 aromatic heterocycles. The maximum absolute atomic E-state index is 5.22. The SMILES string of the molecule is CN=C(NCCC(C)c1ccc(OC)cc1)NCc1nc2ccccc2n1C.I. The fourth-order valence-corrected chi connectivity index (χ4v) is 3.24. The molecular formula is C22H30IN5O. The minimum absolute atomic E-state index is 0. The monoisotopic (exact) mass is 507 g/mol. The number of aliphatic imine (C=N–C) groups is 1. The second-order valence-corrected chi connectivity index (χ2v) is 6.89. The largest absolute Gasteiger partial charge is 0.497 e. The smallest absolute Gasteiger partial charge is 0.191 e. The van der Waals surface area contributed by atoms with E-state index in [0.29, 0.717) is 12.5 Å². The number of rotatable bonds is 7. The molecule has 0 amide bonds. The molecule has 6 nitrogen and oxygen atoms in total. The summed E-state index contributed by atoms with van der Waals surface area (Å²) in [4.78, 5) is 9.01. The van der Waals surface area contributed by atoms with Gasteiger partial charge in [0.15, 0.2) is 5.96 Å². The molecule has 0 saturated heterocycles. The molecule has 0 aliphatic carbocycles. The summed E-state index contributed by atoms with van der Waals surface area (Å²) in [7, 11) is 5.52. The van der Waals surface area contributed by atoms with Gasteiger partial charge in [-0.3, -0.25) is 4.99 Å². The first-order valence-electron chi connectivity index (χ1n) is 9.61. The van der Waals surface area contributed by atoms with E-state index in [4.69, 9.17) is 4.74 Å². The molecule has 3 aromatic rings. The van der Waals surface area contributed by atoms with Crippen molar-refractivity contribution in [1.29, 1.82) is 0 Å². The number of nitrogens with zero attached hydrogens (tertiary/aromatic N) is 3. The van der Waals surface area contributed by atoms with Crippen molar-refractivity contribution in [2.75, 3.05) is 20.7 Å². The van der Waals surface area contributed by atoms with E-state index < -0.39 is 0 Å². The summed E-state index contributed by atoms with van der Waals surface area (Å²) >= 11 is 0. The third-order valence-corrected chi connectivity index (χ3v) is 5.07. The Morgan fingerprint density at radius 2 is 1.86 bits per heavy atom. The minimum atomic E-state index is 0. The first-order valence-corrected chi connectivity index (χ1v) is 9.61. The summed E-state index contributed by atoms with van der Waals surface area (Å²) in [6.07, 6.45) is 1.01. The maximum Gasteiger partial charge on any atom is 0.191 e. The van der Waals surface area contributed by atoms with Gasteiger partial charge in [-0.15, -0.1) is 24.0 Å². The molecule has 29 heavy (non-hydrogen) atoms. The topological polar surface area (TPSA) is 63.5 Å². The van der Waals surface area contributed by atoms with Crippen molar-refractivity contribution in [3.63, 3.8) is 0 Å². The van der Waals surface area contributed by atoms with E-state index in [0.717, 1.165) is 41.5 Å². The number of nitrogens with one attached hydrogen (secondary N) is 2. The summed E-state index contributed by atoms with van der Waals surface area (Å²) in [5.41, 5.74) is 3.46. The number of fused-ring (bicyclic) bond motifs is 1. The molecule has 0 aliphatic heterocycles. The van der Waals surface area contributed by atoms with E-state index >= 15 is 0 Å². The van der Waals surface area contributed by atoms with Gasteiger partial charge in [0, 0.05) is 20.6 Å². The van der Waals surface area contributed by atoms with Gasteiger partial charge in [-0.2, -0.15) is 0 Å². The van der Waals surface area contributed by atoms with Crippen LogP contribution in [0.3, 0.4) is 0 Å². The van der Waals surface area contributed by atoms with E-state index in [-0.39, 0.29) is 24.0 Å². The zero-order valence-electron chi connectivity index (χ0n) is 17.5. The van der Waals surface area contributed by atoms with Crippen LogP contribution in [0.4, 0.5) is 0 Å². The number of halogens is 1. The predicted molar refractivity (Wildman–Crippen MR) is 130 cm³/mol. The summed E-state index contributed by atoms with van der Waals surface area (Å²) in [6, 6.07) is 16.4. The van der Waals surface area contributed by atoms with Crippen molar-refractivity contribution in [2.24, 2.45) is 12.0 Å². The quantitative estimate of drug-likeness (QED) is 0.288. The van der Waals surface area contributed by atoms with Crippen LogP contribution in [0.2, 0.25) is 0 Å². The van der Waals surface area contributed by atoms with Crippen LogP contribution in [0.1, 0.15) is 30.7 Å². The lowest BCUT2D eigenvalue weighted by Gasteiger charge is -2.15. The van der Waals surface area contributed by atoms with Gasteiger partial charge in [0.05, 0.1) is 24.7 Å². The van der Waals surface area contributed by atoms with Crippen molar-refractivity contribution in [2.45, 2.75) is 25.8 Å². The molecule has 1 atom stereocenters. The van der Waals surface area contributed by atoms with Crippen LogP contribution in [-0.2, 0) is 13.6 Å². The van der Waals surface area contributed by atoms with E-state index in [9.17, 15) is 0 Å². The number of aromatic nitrogens is 2. The van der Waals surface area contributed by atoms with Crippen LogP contribution < -0.4 is 15.4 Å². The fourth-order valence-electron chi connectivity index (χ4n) is 3.24. The third-order valence-electron chi connectivity index (χ3n) is 5.07. The highest BCUT2D eigenvalue weighted by molar-refractivity contribution is 14.0. The fraction of sp³-hybridized carbons (Fsp3) is 0.364. The third kappa shape index (κ3) is 5.85. The maximum atomic E-state index is 5.22. The van der Waals surface area contributed by atoms with E-state index in [2.05, 4.69) is 50.3 Å². The molecule has 0 bridgehead atoms. The van der Waals surface area contributed by atoms with Crippen molar-refractivity contribution < 1.29 is 4.74 Å². The van der Waals surface area contributed by atoms with Gasteiger partial charge in [-0.1, -0.05) is 31.2 Å². The second kappa shape index (κ2) is 11.0. The summed E-state index contributed by atoms with van der Waals surface area (Å²) in [5, 5.41) is 6.75. The molecule has 2 N–H and O–H groups in total. The zero-order chi connectivity index (χ0) is 19.9. The predicted octanol–water partition coefficient (Wildman–Crippen LogP) is 4.06. The molecule has 156 valence electrons. The van der Waals surface area contributed by atoms with Crippen molar-refractivity contribution >= 4 is 41.0 Å². The standard InChI is InChI=1S/C22H29N5O.HI/c1-16(17-9-11-18(28-4)12-10-17)13-14-24-22(23-2)25-15-21-26-19-7-5-6-8-20(19)27(21)3;/h5-12,16H,13-15H2,1-4H3,(H2,23,24,25);1H. The summed E-state index contributed by atoms with van der Waals surface area (Å²) in [5.74, 6) is 3.11. The Balaban J connectivity index is 0.00000300. The minimum Gasteiger partial charge on any atom is -0.497 e. The molecule has 7 heteroatoms. The van der Waals surface area contributed by atoms with Gasteiger partial charge in [-0.25, -0.2) is 4.98 Å². The lowest BCUT2D eigenvalue weighted by Crippen LogP contribution is -2.38. The number of benzene rings is 2. The second-order valence-electron chi connectivity index (χ2n) is 6.89. The first kappa shape index (κ1) is 23.0. The summed E-state index contributed by atoms with van der Waals surface area (Å²) in [6.45, 7) is 3.70. The van der Waals surface area contributed by atoms with Crippen LogP contribution in [0.25, 0.3) is 11.0 Å². The van der Waals surface area contributed by atoms with Gasteiger partial charge < -0.3 is 19.9 Å². The Morgan fingerprint density at radius 3 is 2.52 bits per heavy atom. The molecule has 0 spiro atoms. The normalized spacial score (nSPS) is 12.3. The number of hydrogen-bond acceptors (Lipinski definition) is 3. The molecule has 1 heterocycles. The molecule has 0 fully saturated rings. The number of ether oxygens (including phenoxy) is 1. The molecule has 0 saturated carbocycles. The van der Waals surface area contributed by atoms with Gasteiger partial charge in [-0.05, 0) is 42.2 Å². The first-order chi connectivity index (χ1) is 13.6. The lowest BCUT2D eigenvalue weighted by atomic mass is 9.98. The Labute approximate surface area is 189 Å². The number of imidazole rings is 1. The Hall–Kier alpha value is -2.29. The van der Waals surface area contributed by atoms with Gasteiger partial charge in [0.2, 0.25) is 0 Å². The molecule has 1 unspecified atom stereocenters. The number of aryl methyl sites for hydroxylation is 1. The Bertz CT molecular complexity index is 936. The van der Waals surface area contributed by atoms with Gasteiger partial charge >= 0.3 is 0 Å². The number of hydrogen-bond donors (Lipinski definition) is 2. The lowest BCUT2D eigenvalue weighted by molar-refractivity contribution is 0.414. The zero-order valence-corrected chi connectivity index (χ0v) is 19.8. The molecular weight excluding hydrogens is 477 g/mol. The highest BCUT2D eigenvalue weighted by atomic mass is 127. The van der Waals surface area contributed by atoms with Crippen LogP contribution in [0.5, 0.6) is 5.75 Å². The van der Waals surface area contributed by atoms with E-state index in [1.54, 1.807) is 14.2 Å². The average molecular weight is 507 g/mol. The van der Waals surface area contributed by atoms with E-state index in [1.807, 2.05) is 37.4 Å². The highest BCUT2D eigenvalue weighted by Crippen LogP contribution is 2.21. The highest BCUT2D eigenvalue weighted by Gasteiger charge is 2.09. The molecule has 0 aliphatic rings. The van der Waals surface area contributed by atoms with Crippen molar-refractivity contribution in [1.82, 2.24) is 20.2 Å². The average Bonchev–Trinajstić information content (AvgIpc) is 3.06. The molecule has 2 aromatic carbocycles. The number of methoxy groups -OCH3 is 1. The van der Waals surface area contributed by atoms with Crippen molar-refractivity contribution in [3.05, 3.63) is 59.9 Å². The van der Waals surface area contributed by atoms with Crippen LogP contribution in [0, 0.1) is 0 Å². The van der Waals surface area contributed by atoms with Crippen LogP contribution in [0.15, 0.2) is 53.5 Å². The van der Waals surface area contributed by atoms with E-state index in [1.165, 1.54) is 5.56 Å². The Kier molecular flexibility index (Phi) is 8.75. The summed E-state index contributed by atoms with van der Waals surface area (Å²) < 4.78 is 7.34. The Morgan fingerprint density at radius 1 is 1.14 bits per heavy atom.